The van der Waals surface area contributed by atoms with Crippen molar-refractivity contribution in [3.63, 3.8) is 0 Å². The molecule has 0 atom stereocenters. The zero-order valence-electron chi connectivity index (χ0n) is 9.02. The third-order valence-electron chi connectivity index (χ3n) is 3.89. The summed E-state index contributed by atoms with van der Waals surface area (Å²) in [5, 5.41) is 10.1. The van der Waals surface area contributed by atoms with Gasteiger partial charge in [-0.05, 0) is 30.1 Å². The maximum Gasteiger partial charge on any atom is 0.0681 e. The van der Waals surface area contributed by atoms with Crippen LogP contribution in [0.5, 0.6) is 0 Å². The first kappa shape index (κ1) is 10.0. The van der Waals surface area contributed by atoms with Gasteiger partial charge in [0, 0.05) is 0 Å². The lowest BCUT2D eigenvalue weighted by molar-refractivity contribution is -0.165. The van der Waals surface area contributed by atoms with Crippen LogP contribution in [0.15, 0.2) is 0 Å². The Morgan fingerprint density at radius 3 is 1.67 bits per heavy atom. The molecule has 1 aliphatic rings. The van der Waals surface area contributed by atoms with Crippen molar-refractivity contribution < 1.29 is 5.11 Å². The van der Waals surface area contributed by atoms with E-state index >= 15 is 0 Å². The van der Waals surface area contributed by atoms with Crippen LogP contribution in [0.25, 0.3) is 0 Å². The minimum Gasteiger partial charge on any atom is -0.390 e. The van der Waals surface area contributed by atoms with Crippen molar-refractivity contribution in [1.29, 1.82) is 0 Å². The second kappa shape index (κ2) is 2.73. The molecule has 1 nitrogen and oxygen atoms in total. The highest BCUT2D eigenvalue weighted by Crippen LogP contribution is 2.55. The van der Waals surface area contributed by atoms with Crippen LogP contribution in [-0.2, 0) is 0 Å². The smallest absolute Gasteiger partial charge is 0.0681 e. The zero-order chi connectivity index (χ0) is 9.57. The number of hydrogen-bond donors (Lipinski definition) is 1. The molecule has 0 radical (unpaired) electrons. The molecule has 1 saturated carbocycles. The fraction of sp³-hybridized carbons (Fsp3) is 1.00. The highest BCUT2D eigenvalue weighted by Gasteiger charge is 2.53. The Labute approximate surface area is 76.2 Å². The summed E-state index contributed by atoms with van der Waals surface area (Å²) in [6.07, 6.45) is 1.96. The maximum atomic E-state index is 10.1. The van der Waals surface area contributed by atoms with Gasteiger partial charge in [-0.25, -0.2) is 0 Å². The molecule has 0 aromatic carbocycles. The molecule has 12 heavy (non-hydrogen) atoms. The van der Waals surface area contributed by atoms with Crippen LogP contribution in [0.3, 0.4) is 0 Å². The lowest BCUT2D eigenvalue weighted by atomic mass is 9.52. The Kier molecular flexibility index (Phi) is 2.28. The van der Waals surface area contributed by atoms with Crippen molar-refractivity contribution in [2.24, 2.45) is 17.3 Å². The van der Waals surface area contributed by atoms with Gasteiger partial charge in [-0.15, -0.1) is 0 Å². The van der Waals surface area contributed by atoms with Gasteiger partial charge in [0.05, 0.1) is 5.60 Å². The average molecular weight is 170 g/mol. The third-order valence-corrected chi connectivity index (χ3v) is 3.89. The predicted octanol–water partition coefficient (Wildman–Crippen LogP) is 2.83. The van der Waals surface area contributed by atoms with Crippen molar-refractivity contribution in [3.05, 3.63) is 0 Å². The number of hydrogen-bond acceptors (Lipinski definition) is 1. The highest BCUT2D eigenvalue weighted by molar-refractivity contribution is 5.04. The summed E-state index contributed by atoms with van der Waals surface area (Å²) in [6, 6.07) is 0. The maximum absolute atomic E-state index is 10.1. The van der Waals surface area contributed by atoms with E-state index in [1.165, 1.54) is 0 Å². The monoisotopic (exact) mass is 170 g/mol. The summed E-state index contributed by atoms with van der Waals surface area (Å²) in [5.41, 5.74) is 0.0258. The summed E-state index contributed by atoms with van der Waals surface area (Å²) < 4.78 is 0. The van der Waals surface area contributed by atoms with E-state index in [2.05, 4.69) is 34.6 Å². The molecule has 0 unspecified atom stereocenters. The van der Waals surface area contributed by atoms with Gasteiger partial charge in [0.25, 0.3) is 0 Å². The van der Waals surface area contributed by atoms with E-state index in [1.54, 1.807) is 0 Å². The molecule has 0 bridgehead atoms. The van der Waals surface area contributed by atoms with E-state index in [0.29, 0.717) is 17.3 Å². The van der Waals surface area contributed by atoms with Crippen molar-refractivity contribution in [2.75, 3.05) is 0 Å². The molecule has 0 spiro atoms. The van der Waals surface area contributed by atoms with E-state index in [9.17, 15) is 5.11 Å². The lowest BCUT2D eigenvalue weighted by Crippen LogP contribution is -2.55. The highest BCUT2D eigenvalue weighted by atomic mass is 16.3. The van der Waals surface area contributed by atoms with Crippen LogP contribution in [0, 0.1) is 17.3 Å². The molecule has 1 aliphatic carbocycles. The SMILES string of the molecule is CC(C)C1(C)CC(O)(C(C)C)C1. The van der Waals surface area contributed by atoms with Crippen LogP contribution in [0.2, 0.25) is 0 Å². The Balaban J connectivity index is 2.56. The van der Waals surface area contributed by atoms with Gasteiger partial charge in [0.15, 0.2) is 0 Å². The molecule has 72 valence electrons. The molecular formula is C11H22O. The molecule has 0 amide bonds. The summed E-state index contributed by atoms with van der Waals surface area (Å²) >= 11 is 0. The van der Waals surface area contributed by atoms with Gasteiger partial charge < -0.3 is 5.11 Å². The largest absolute Gasteiger partial charge is 0.390 e. The van der Waals surface area contributed by atoms with Crippen LogP contribution in [-0.4, -0.2) is 10.7 Å². The second-order valence-corrected chi connectivity index (χ2v) is 5.42. The van der Waals surface area contributed by atoms with Crippen molar-refractivity contribution in [2.45, 2.75) is 53.1 Å². The number of aliphatic hydroxyl groups is 1. The topological polar surface area (TPSA) is 20.2 Å². The molecule has 0 aromatic rings. The summed E-state index contributed by atoms with van der Waals surface area (Å²) in [5.74, 6) is 1.10. The van der Waals surface area contributed by atoms with E-state index in [4.69, 9.17) is 0 Å². The minimum atomic E-state index is -0.362. The minimum absolute atomic E-state index is 0.362. The molecule has 0 aromatic heterocycles. The Hall–Kier alpha value is -0.0400. The molecule has 0 saturated heterocycles. The van der Waals surface area contributed by atoms with Gasteiger partial charge >= 0.3 is 0 Å². The average Bonchev–Trinajstić information content (AvgIpc) is 1.83. The van der Waals surface area contributed by atoms with Gasteiger partial charge in [0.2, 0.25) is 0 Å². The first-order valence-electron chi connectivity index (χ1n) is 5.02. The van der Waals surface area contributed by atoms with Crippen molar-refractivity contribution in [3.8, 4) is 0 Å². The normalized spacial score (nSPS) is 42.0. The van der Waals surface area contributed by atoms with E-state index in [1.807, 2.05) is 0 Å². The quantitative estimate of drug-likeness (QED) is 0.675. The summed E-state index contributed by atoms with van der Waals surface area (Å²) in [6.45, 7) is 11.0. The van der Waals surface area contributed by atoms with Gasteiger partial charge in [-0.3, -0.25) is 0 Å². The first-order valence-corrected chi connectivity index (χ1v) is 5.02. The fourth-order valence-electron chi connectivity index (χ4n) is 2.16. The third kappa shape index (κ3) is 1.39. The summed E-state index contributed by atoms with van der Waals surface area (Å²) in [4.78, 5) is 0. The molecule has 1 heteroatoms. The van der Waals surface area contributed by atoms with Crippen LogP contribution in [0.4, 0.5) is 0 Å². The first-order chi connectivity index (χ1) is 5.30. The Bertz CT molecular complexity index is 146. The van der Waals surface area contributed by atoms with Crippen molar-refractivity contribution >= 4 is 0 Å². The van der Waals surface area contributed by atoms with Crippen LogP contribution in [0.1, 0.15) is 47.5 Å². The van der Waals surface area contributed by atoms with Gasteiger partial charge in [0.1, 0.15) is 0 Å². The van der Waals surface area contributed by atoms with E-state index in [-0.39, 0.29) is 5.60 Å². The molecular weight excluding hydrogens is 148 g/mol. The Morgan fingerprint density at radius 1 is 1.00 bits per heavy atom. The van der Waals surface area contributed by atoms with Crippen LogP contribution < -0.4 is 0 Å². The fourth-order valence-corrected chi connectivity index (χ4v) is 2.16. The van der Waals surface area contributed by atoms with Crippen LogP contribution >= 0.6 is 0 Å². The van der Waals surface area contributed by atoms with Gasteiger partial charge in [-0.2, -0.15) is 0 Å². The van der Waals surface area contributed by atoms with E-state index in [0.717, 1.165) is 12.8 Å². The lowest BCUT2D eigenvalue weighted by Gasteiger charge is -2.56. The number of rotatable bonds is 2. The standard InChI is InChI=1S/C11H22O/c1-8(2)10(5)6-11(12,7-10)9(3)4/h8-9,12H,6-7H2,1-5H3. The second-order valence-electron chi connectivity index (χ2n) is 5.42. The Morgan fingerprint density at radius 2 is 1.42 bits per heavy atom. The molecule has 0 heterocycles. The van der Waals surface area contributed by atoms with Gasteiger partial charge in [-0.1, -0.05) is 34.6 Å². The summed E-state index contributed by atoms with van der Waals surface area (Å²) in [7, 11) is 0. The van der Waals surface area contributed by atoms with E-state index < -0.39 is 0 Å². The molecule has 1 rings (SSSR count). The zero-order valence-corrected chi connectivity index (χ0v) is 9.02. The molecule has 1 N–H and O–H groups in total. The molecule has 0 aliphatic heterocycles. The molecule has 1 fully saturated rings. The predicted molar refractivity (Wildman–Crippen MR) is 52.0 cm³/mol. The van der Waals surface area contributed by atoms with Crippen molar-refractivity contribution in [1.82, 2.24) is 0 Å².